The Morgan fingerprint density at radius 3 is 2.38 bits per heavy atom. The van der Waals surface area contributed by atoms with E-state index in [0.29, 0.717) is 11.8 Å². The van der Waals surface area contributed by atoms with E-state index in [1.165, 1.54) is 5.06 Å². The van der Waals surface area contributed by atoms with Gasteiger partial charge in [0.15, 0.2) is 0 Å². The predicted molar refractivity (Wildman–Crippen MR) is 62.5 cm³/mol. The van der Waals surface area contributed by atoms with Gasteiger partial charge in [0.05, 0.1) is 12.6 Å². The van der Waals surface area contributed by atoms with E-state index in [1.54, 1.807) is 7.11 Å². The Hall–Kier alpha value is -0.830. The van der Waals surface area contributed by atoms with Gasteiger partial charge in [0, 0.05) is 5.92 Å². The summed E-state index contributed by atoms with van der Waals surface area (Å²) in [5.74, 6) is 1.34. The summed E-state index contributed by atoms with van der Waals surface area (Å²) in [7, 11) is 1.58. The van der Waals surface area contributed by atoms with Crippen LogP contribution >= 0.6 is 0 Å². The summed E-state index contributed by atoms with van der Waals surface area (Å²) in [6.45, 7) is 5.99. The van der Waals surface area contributed by atoms with Crippen LogP contribution in [0.5, 0.6) is 0 Å². The lowest BCUT2D eigenvalue weighted by molar-refractivity contribution is -0.206. The van der Waals surface area contributed by atoms with Gasteiger partial charge >= 0.3 is 0 Å². The zero-order valence-electron chi connectivity index (χ0n) is 10.6. The number of carbonyl (C=O) groups excluding carboxylic acids is 1. The van der Waals surface area contributed by atoms with Crippen LogP contribution in [0, 0.1) is 17.8 Å². The predicted octanol–water partition coefficient (Wildman–Crippen LogP) is 2.39. The SMILES string of the molecule is CON(C(=O)[C@@H]1C[C@@H]2C=C[C@H]1C2)C(C)(C)C. The Labute approximate surface area is 97.4 Å². The summed E-state index contributed by atoms with van der Waals surface area (Å²) in [5.41, 5.74) is -0.266. The van der Waals surface area contributed by atoms with Gasteiger partial charge in [0.2, 0.25) is 5.91 Å². The van der Waals surface area contributed by atoms with Crippen LogP contribution in [0.1, 0.15) is 33.6 Å². The minimum absolute atomic E-state index is 0.133. The van der Waals surface area contributed by atoms with Gasteiger partial charge in [0.1, 0.15) is 0 Å². The fraction of sp³-hybridized carbons (Fsp3) is 0.769. The van der Waals surface area contributed by atoms with Gasteiger partial charge in [-0.15, -0.1) is 0 Å². The lowest BCUT2D eigenvalue weighted by Gasteiger charge is -2.35. The van der Waals surface area contributed by atoms with Crippen molar-refractivity contribution in [2.45, 2.75) is 39.2 Å². The van der Waals surface area contributed by atoms with Crippen molar-refractivity contribution < 1.29 is 9.63 Å². The van der Waals surface area contributed by atoms with E-state index >= 15 is 0 Å². The number of nitrogens with zero attached hydrogens (tertiary/aromatic N) is 1. The normalized spacial score (nSPS) is 32.1. The van der Waals surface area contributed by atoms with Crippen LogP contribution in [0.25, 0.3) is 0 Å². The quantitative estimate of drug-likeness (QED) is 0.531. The summed E-state index contributed by atoms with van der Waals surface area (Å²) in [6.07, 6.45) is 6.60. The first-order valence-corrected chi connectivity index (χ1v) is 6.00. The molecule has 0 spiro atoms. The molecular weight excluding hydrogens is 202 g/mol. The van der Waals surface area contributed by atoms with Gasteiger partial charge in [-0.3, -0.25) is 9.63 Å². The summed E-state index contributed by atoms with van der Waals surface area (Å²) in [5, 5.41) is 1.53. The Morgan fingerprint density at radius 1 is 1.31 bits per heavy atom. The van der Waals surface area contributed by atoms with Crippen LogP contribution in [0.15, 0.2) is 12.2 Å². The van der Waals surface area contributed by atoms with Crippen LogP contribution in [-0.2, 0) is 9.63 Å². The molecule has 0 unspecified atom stereocenters. The molecule has 1 fully saturated rings. The molecule has 2 aliphatic carbocycles. The van der Waals surface area contributed by atoms with E-state index in [1.807, 2.05) is 20.8 Å². The van der Waals surface area contributed by atoms with Gasteiger partial charge in [0.25, 0.3) is 0 Å². The number of amides is 1. The Morgan fingerprint density at radius 2 is 2.00 bits per heavy atom. The third-order valence-corrected chi connectivity index (χ3v) is 3.59. The topological polar surface area (TPSA) is 29.5 Å². The number of hydrogen-bond acceptors (Lipinski definition) is 2. The molecule has 1 saturated carbocycles. The Kier molecular flexibility index (Phi) is 2.82. The van der Waals surface area contributed by atoms with E-state index in [0.717, 1.165) is 12.8 Å². The molecule has 90 valence electrons. The standard InChI is InChI=1S/C13H21NO2/c1-13(2,3)14(16-4)12(15)11-8-9-5-6-10(11)7-9/h5-6,9-11H,7-8H2,1-4H3/t9-,10+,11-/m1/s1. The number of hydrogen-bond donors (Lipinski definition) is 0. The fourth-order valence-corrected chi connectivity index (χ4v) is 2.91. The molecule has 2 rings (SSSR count). The smallest absolute Gasteiger partial charge is 0.250 e. The monoisotopic (exact) mass is 223 g/mol. The zero-order chi connectivity index (χ0) is 11.9. The molecule has 0 aromatic rings. The lowest BCUT2D eigenvalue weighted by atomic mass is 9.91. The van der Waals surface area contributed by atoms with Crippen molar-refractivity contribution in [2.24, 2.45) is 17.8 Å². The first-order valence-electron chi connectivity index (χ1n) is 6.00. The number of rotatable bonds is 2. The number of fused-ring (bicyclic) bond motifs is 2. The third kappa shape index (κ3) is 1.88. The van der Waals surface area contributed by atoms with E-state index in [-0.39, 0.29) is 17.4 Å². The highest BCUT2D eigenvalue weighted by atomic mass is 16.7. The van der Waals surface area contributed by atoms with Gasteiger partial charge in [-0.2, -0.15) is 0 Å². The van der Waals surface area contributed by atoms with Crippen molar-refractivity contribution in [1.82, 2.24) is 5.06 Å². The first-order chi connectivity index (χ1) is 7.43. The second kappa shape index (κ2) is 3.88. The van der Waals surface area contributed by atoms with Gasteiger partial charge in [-0.05, 0) is 45.4 Å². The Bertz CT molecular complexity index is 316. The molecule has 0 radical (unpaired) electrons. The van der Waals surface area contributed by atoms with E-state index < -0.39 is 0 Å². The van der Waals surface area contributed by atoms with Crippen molar-refractivity contribution in [1.29, 1.82) is 0 Å². The second-order valence-electron chi connectivity index (χ2n) is 5.87. The molecule has 0 aliphatic heterocycles. The summed E-state index contributed by atoms with van der Waals surface area (Å²) < 4.78 is 0. The molecule has 2 aliphatic rings. The van der Waals surface area contributed by atoms with Gasteiger partial charge in [-0.25, -0.2) is 5.06 Å². The van der Waals surface area contributed by atoms with Gasteiger partial charge in [-0.1, -0.05) is 12.2 Å². The van der Waals surface area contributed by atoms with E-state index in [2.05, 4.69) is 12.2 Å². The summed E-state index contributed by atoms with van der Waals surface area (Å²) >= 11 is 0. The zero-order valence-corrected chi connectivity index (χ0v) is 10.6. The lowest BCUT2D eigenvalue weighted by Crippen LogP contribution is -2.48. The molecule has 0 saturated heterocycles. The van der Waals surface area contributed by atoms with E-state index in [4.69, 9.17) is 4.84 Å². The van der Waals surface area contributed by atoms with Crippen LogP contribution in [0.4, 0.5) is 0 Å². The Balaban J connectivity index is 2.10. The average Bonchev–Trinajstić information content (AvgIpc) is 2.76. The maximum atomic E-state index is 12.4. The molecule has 0 heterocycles. The molecule has 3 atom stereocenters. The minimum Gasteiger partial charge on any atom is -0.274 e. The third-order valence-electron chi connectivity index (χ3n) is 3.59. The van der Waals surface area contributed by atoms with Crippen molar-refractivity contribution >= 4 is 5.91 Å². The average molecular weight is 223 g/mol. The van der Waals surface area contributed by atoms with Crippen LogP contribution in [0.3, 0.4) is 0 Å². The molecule has 3 heteroatoms. The van der Waals surface area contributed by atoms with Crippen LogP contribution in [0.2, 0.25) is 0 Å². The fourth-order valence-electron chi connectivity index (χ4n) is 2.91. The number of hydroxylamine groups is 2. The van der Waals surface area contributed by atoms with Crippen LogP contribution < -0.4 is 0 Å². The largest absolute Gasteiger partial charge is 0.274 e. The molecule has 1 amide bonds. The molecule has 3 nitrogen and oxygen atoms in total. The highest BCUT2D eigenvalue weighted by Gasteiger charge is 2.43. The molecule has 0 aromatic carbocycles. The van der Waals surface area contributed by atoms with Crippen LogP contribution in [-0.4, -0.2) is 23.6 Å². The summed E-state index contributed by atoms with van der Waals surface area (Å²) in [6, 6.07) is 0. The highest BCUT2D eigenvalue weighted by molar-refractivity contribution is 5.79. The highest BCUT2D eigenvalue weighted by Crippen LogP contribution is 2.44. The summed E-state index contributed by atoms with van der Waals surface area (Å²) in [4.78, 5) is 17.6. The van der Waals surface area contributed by atoms with Crippen molar-refractivity contribution in [3.8, 4) is 0 Å². The maximum Gasteiger partial charge on any atom is 0.250 e. The molecule has 0 N–H and O–H groups in total. The minimum atomic E-state index is -0.266. The first kappa shape index (κ1) is 11.6. The number of carbonyl (C=O) groups is 1. The maximum absolute atomic E-state index is 12.4. The molecule has 2 bridgehead atoms. The second-order valence-corrected chi connectivity index (χ2v) is 5.87. The number of allylic oxidation sites excluding steroid dienone is 2. The van der Waals surface area contributed by atoms with E-state index in [9.17, 15) is 4.79 Å². The van der Waals surface area contributed by atoms with Crippen molar-refractivity contribution in [2.75, 3.05) is 7.11 Å². The van der Waals surface area contributed by atoms with Crippen molar-refractivity contribution in [3.05, 3.63) is 12.2 Å². The molecular formula is C13H21NO2. The van der Waals surface area contributed by atoms with Gasteiger partial charge < -0.3 is 0 Å². The van der Waals surface area contributed by atoms with Crippen molar-refractivity contribution in [3.63, 3.8) is 0 Å². The molecule has 16 heavy (non-hydrogen) atoms. The molecule has 0 aromatic heterocycles.